The molecule has 0 bridgehead atoms. The molecule has 0 amide bonds. The molecule has 1 saturated carbocycles. The van der Waals surface area contributed by atoms with Crippen molar-refractivity contribution in [1.29, 1.82) is 0 Å². The third-order valence-electron chi connectivity index (χ3n) is 5.37. The van der Waals surface area contributed by atoms with Crippen LogP contribution >= 0.6 is 24.0 Å². The van der Waals surface area contributed by atoms with Crippen molar-refractivity contribution in [2.75, 3.05) is 34.4 Å². The van der Waals surface area contributed by atoms with Gasteiger partial charge in [-0.05, 0) is 55.2 Å². The normalized spacial score (nSPS) is 14.3. The Kier molecular flexibility index (Phi) is 9.21. The molecule has 2 N–H and O–H groups in total. The molecule has 6 nitrogen and oxygen atoms in total. The third-order valence-corrected chi connectivity index (χ3v) is 5.37. The molecular formula is C23H31FIN3O3. The zero-order valence-corrected chi connectivity index (χ0v) is 20.8. The van der Waals surface area contributed by atoms with Crippen LogP contribution in [-0.4, -0.2) is 40.4 Å². The van der Waals surface area contributed by atoms with Crippen LogP contribution in [0.15, 0.2) is 41.4 Å². The average Bonchev–Trinajstić information content (AvgIpc) is 3.56. The molecule has 0 saturated heterocycles. The molecule has 3 rings (SSSR count). The number of nitrogens with zero attached hydrogens (tertiary/aromatic N) is 1. The number of guanidine groups is 1. The molecule has 31 heavy (non-hydrogen) atoms. The SMILES string of the molecule is CCNC(=NCc1cc(OC)c(OC)c(OC)c1)NCC1(c2cccc(F)c2)CC1.I. The van der Waals surface area contributed by atoms with Gasteiger partial charge >= 0.3 is 0 Å². The summed E-state index contributed by atoms with van der Waals surface area (Å²) in [6.45, 7) is 3.92. The van der Waals surface area contributed by atoms with Crippen molar-refractivity contribution >= 4 is 29.9 Å². The zero-order chi connectivity index (χ0) is 21.6. The molecule has 8 heteroatoms. The first-order valence-electron chi connectivity index (χ1n) is 10.1. The lowest BCUT2D eigenvalue weighted by Gasteiger charge is -2.19. The van der Waals surface area contributed by atoms with Crippen LogP contribution < -0.4 is 24.8 Å². The number of aliphatic imine (C=N–C) groups is 1. The largest absolute Gasteiger partial charge is 0.493 e. The van der Waals surface area contributed by atoms with Crippen molar-refractivity contribution in [2.45, 2.75) is 31.7 Å². The molecule has 0 spiro atoms. The van der Waals surface area contributed by atoms with Crippen LogP contribution in [0.25, 0.3) is 0 Å². The maximum Gasteiger partial charge on any atom is 0.203 e. The Morgan fingerprint density at radius 3 is 2.23 bits per heavy atom. The topological polar surface area (TPSA) is 64.1 Å². The fourth-order valence-corrected chi connectivity index (χ4v) is 3.53. The quantitative estimate of drug-likeness (QED) is 0.281. The highest BCUT2D eigenvalue weighted by Crippen LogP contribution is 2.47. The lowest BCUT2D eigenvalue weighted by molar-refractivity contribution is 0.324. The van der Waals surface area contributed by atoms with Gasteiger partial charge in [0.05, 0.1) is 27.9 Å². The second-order valence-corrected chi connectivity index (χ2v) is 7.37. The van der Waals surface area contributed by atoms with Crippen molar-refractivity contribution in [1.82, 2.24) is 10.6 Å². The molecule has 2 aromatic rings. The first-order chi connectivity index (χ1) is 14.5. The molecule has 0 radical (unpaired) electrons. The Hall–Kier alpha value is -2.23. The van der Waals surface area contributed by atoms with Gasteiger partial charge in [0.1, 0.15) is 5.82 Å². The van der Waals surface area contributed by atoms with E-state index in [-0.39, 0.29) is 35.2 Å². The van der Waals surface area contributed by atoms with Crippen LogP contribution in [0.4, 0.5) is 4.39 Å². The third kappa shape index (κ3) is 6.15. The first-order valence-corrected chi connectivity index (χ1v) is 10.1. The summed E-state index contributed by atoms with van der Waals surface area (Å²) >= 11 is 0. The summed E-state index contributed by atoms with van der Waals surface area (Å²) in [5.74, 6) is 2.28. The average molecular weight is 543 g/mol. The fraction of sp³-hybridized carbons (Fsp3) is 0.435. The van der Waals surface area contributed by atoms with E-state index < -0.39 is 0 Å². The number of methoxy groups -OCH3 is 3. The van der Waals surface area contributed by atoms with E-state index in [1.165, 1.54) is 6.07 Å². The van der Waals surface area contributed by atoms with Gasteiger partial charge in [-0.1, -0.05) is 12.1 Å². The summed E-state index contributed by atoms with van der Waals surface area (Å²) in [6, 6.07) is 10.7. The van der Waals surface area contributed by atoms with Gasteiger partial charge < -0.3 is 24.8 Å². The van der Waals surface area contributed by atoms with E-state index in [9.17, 15) is 4.39 Å². The van der Waals surface area contributed by atoms with E-state index in [1.807, 2.05) is 25.1 Å². The maximum atomic E-state index is 13.6. The summed E-state index contributed by atoms with van der Waals surface area (Å²) in [7, 11) is 4.77. The number of rotatable bonds is 9. The molecule has 1 aliphatic rings. The Morgan fingerprint density at radius 1 is 1.03 bits per heavy atom. The zero-order valence-electron chi connectivity index (χ0n) is 18.5. The minimum Gasteiger partial charge on any atom is -0.493 e. The number of ether oxygens (including phenoxy) is 3. The van der Waals surface area contributed by atoms with Crippen molar-refractivity contribution in [2.24, 2.45) is 4.99 Å². The molecular weight excluding hydrogens is 512 g/mol. The number of nitrogens with one attached hydrogen (secondary N) is 2. The monoisotopic (exact) mass is 543 g/mol. The summed E-state index contributed by atoms with van der Waals surface area (Å²) in [6.07, 6.45) is 2.07. The summed E-state index contributed by atoms with van der Waals surface area (Å²) < 4.78 is 29.9. The number of halogens is 2. The number of benzene rings is 2. The van der Waals surface area contributed by atoms with E-state index in [0.29, 0.717) is 36.3 Å². The van der Waals surface area contributed by atoms with Gasteiger partial charge in [0.25, 0.3) is 0 Å². The fourth-order valence-electron chi connectivity index (χ4n) is 3.53. The molecule has 1 aliphatic carbocycles. The Morgan fingerprint density at radius 2 is 1.71 bits per heavy atom. The highest BCUT2D eigenvalue weighted by molar-refractivity contribution is 14.0. The molecule has 1 fully saturated rings. The minimum absolute atomic E-state index is 0. The van der Waals surface area contributed by atoms with Crippen molar-refractivity contribution in [3.05, 3.63) is 53.3 Å². The van der Waals surface area contributed by atoms with Crippen LogP contribution in [0.1, 0.15) is 30.9 Å². The smallest absolute Gasteiger partial charge is 0.203 e. The van der Waals surface area contributed by atoms with E-state index >= 15 is 0 Å². The van der Waals surface area contributed by atoms with Gasteiger partial charge in [-0.3, -0.25) is 0 Å². The predicted octanol–water partition coefficient (Wildman–Crippen LogP) is 4.26. The van der Waals surface area contributed by atoms with Gasteiger partial charge in [-0.25, -0.2) is 9.38 Å². The lowest BCUT2D eigenvalue weighted by Crippen LogP contribution is -2.41. The second-order valence-electron chi connectivity index (χ2n) is 7.37. The van der Waals surface area contributed by atoms with Gasteiger partial charge in [-0.2, -0.15) is 0 Å². The van der Waals surface area contributed by atoms with Crippen molar-refractivity contribution in [3.8, 4) is 17.2 Å². The molecule has 2 aromatic carbocycles. The van der Waals surface area contributed by atoms with Crippen molar-refractivity contribution in [3.63, 3.8) is 0 Å². The standard InChI is InChI=1S/C23H30FN3O3.HI/c1-5-25-22(27-15-23(9-10-23)17-7-6-8-18(24)13-17)26-14-16-11-19(28-2)21(30-4)20(12-16)29-3;/h6-8,11-13H,5,9-10,14-15H2,1-4H3,(H2,25,26,27);1H. The summed E-state index contributed by atoms with van der Waals surface area (Å²) in [5.41, 5.74) is 1.95. The molecule has 0 atom stereocenters. The Bertz CT molecular complexity index is 878. The lowest BCUT2D eigenvalue weighted by atomic mass is 9.96. The molecule has 0 aliphatic heterocycles. The Labute approximate surface area is 200 Å². The minimum atomic E-state index is -0.193. The van der Waals surface area contributed by atoms with E-state index in [4.69, 9.17) is 19.2 Å². The second kappa shape index (κ2) is 11.4. The van der Waals surface area contributed by atoms with E-state index in [1.54, 1.807) is 33.5 Å². The van der Waals surface area contributed by atoms with Crippen LogP contribution in [0.5, 0.6) is 17.2 Å². The maximum absolute atomic E-state index is 13.6. The van der Waals surface area contributed by atoms with Crippen LogP contribution in [0.3, 0.4) is 0 Å². The van der Waals surface area contributed by atoms with Gasteiger partial charge in [0, 0.05) is 18.5 Å². The molecule has 0 heterocycles. The predicted molar refractivity (Wildman–Crippen MR) is 132 cm³/mol. The summed E-state index contributed by atoms with van der Waals surface area (Å²) in [5, 5.41) is 6.69. The molecule has 0 aromatic heterocycles. The van der Waals surface area contributed by atoms with E-state index in [2.05, 4.69) is 10.6 Å². The van der Waals surface area contributed by atoms with Gasteiger partial charge in [0.15, 0.2) is 17.5 Å². The van der Waals surface area contributed by atoms with Gasteiger partial charge in [0.2, 0.25) is 5.75 Å². The molecule has 0 unspecified atom stereocenters. The Balaban J connectivity index is 0.00000341. The summed E-state index contributed by atoms with van der Waals surface area (Å²) in [4.78, 5) is 4.70. The van der Waals surface area contributed by atoms with Gasteiger partial charge in [-0.15, -0.1) is 24.0 Å². The van der Waals surface area contributed by atoms with Crippen LogP contribution in [0.2, 0.25) is 0 Å². The van der Waals surface area contributed by atoms with E-state index in [0.717, 1.165) is 30.5 Å². The van der Waals surface area contributed by atoms with Crippen LogP contribution in [-0.2, 0) is 12.0 Å². The van der Waals surface area contributed by atoms with Crippen molar-refractivity contribution < 1.29 is 18.6 Å². The highest BCUT2D eigenvalue weighted by Gasteiger charge is 2.44. The molecule has 170 valence electrons. The first kappa shape index (κ1) is 25.0. The number of hydrogen-bond donors (Lipinski definition) is 2. The number of hydrogen-bond acceptors (Lipinski definition) is 4. The highest BCUT2D eigenvalue weighted by atomic mass is 127. The van der Waals surface area contributed by atoms with Crippen LogP contribution in [0, 0.1) is 5.82 Å².